The monoisotopic (exact) mass is 275 g/mol. The number of imidazole rings is 1. The molecule has 1 N–H and O–H groups in total. The summed E-state index contributed by atoms with van der Waals surface area (Å²) >= 11 is 3.47. The van der Waals surface area contributed by atoms with Gasteiger partial charge >= 0.3 is 0 Å². The van der Waals surface area contributed by atoms with Crippen molar-refractivity contribution in [3.63, 3.8) is 0 Å². The molecule has 3 heterocycles. The maximum Gasteiger partial charge on any atom is 0.137 e. The highest BCUT2D eigenvalue weighted by Gasteiger charge is 2.12. The molecule has 0 fully saturated rings. The lowest BCUT2D eigenvalue weighted by Gasteiger charge is -2.15. The maximum atomic E-state index is 4.38. The molecule has 80 valence electrons. The summed E-state index contributed by atoms with van der Waals surface area (Å²) in [5.74, 6) is 0. The van der Waals surface area contributed by atoms with Crippen LogP contribution in [0.2, 0.25) is 0 Å². The van der Waals surface area contributed by atoms with E-state index in [2.05, 4.69) is 36.7 Å². The molecule has 0 saturated carbocycles. The van der Waals surface area contributed by atoms with Crippen molar-refractivity contribution in [3.8, 4) is 0 Å². The predicted molar refractivity (Wildman–Crippen MR) is 67.0 cm³/mol. The molecule has 1 aliphatic rings. The largest absolute Gasteiger partial charge is 0.379 e. The lowest BCUT2D eigenvalue weighted by Crippen LogP contribution is -2.16. The van der Waals surface area contributed by atoms with Crippen LogP contribution in [-0.2, 0) is 0 Å². The van der Waals surface area contributed by atoms with Crippen molar-refractivity contribution in [1.29, 1.82) is 0 Å². The van der Waals surface area contributed by atoms with Crippen LogP contribution in [0.25, 0.3) is 5.65 Å². The number of fused-ring (bicyclic) bond motifs is 1. The lowest BCUT2D eigenvalue weighted by molar-refractivity contribution is 0.713. The molecule has 0 spiro atoms. The molecule has 0 aliphatic carbocycles. The average Bonchev–Trinajstić information content (AvgIpc) is 2.73. The Morgan fingerprint density at radius 2 is 2.25 bits per heavy atom. The number of allylic oxidation sites excluding steroid dienone is 2. The SMILES string of the molecule is Brc1ccc2ncc(C3C=CC=CN3)n2c1. The molecule has 2 aromatic rings. The van der Waals surface area contributed by atoms with E-state index in [1.807, 2.05) is 42.9 Å². The van der Waals surface area contributed by atoms with Gasteiger partial charge in [-0.05, 0) is 40.3 Å². The normalized spacial score (nSPS) is 18.9. The van der Waals surface area contributed by atoms with Gasteiger partial charge in [0.1, 0.15) is 5.65 Å². The quantitative estimate of drug-likeness (QED) is 0.867. The molecule has 1 atom stereocenters. The van der Waals surface area contributed by atoms with E-state index in [0.717, 1.165) is 15.8 Å². The molecular formula is C12H10BrN3. The minimum Gasteiger partial charge on any atom is -0.379 e. The van der Waals surface area contributed by atoms with E-state index in [4.69, 9.17) is 0 Å². The molecule has 1 aliphatic heterocycles. The zero-order valence-corrected chi connectivity index (χ0v) is 10.1. The number of pyridine rings is 1. The third kappa shape index (κ3) is 1.55. The molecule has 0 aromatic carbocycles. The van der Waals surface area contributed by atoms with E-state index in [0.29, 0.717) is 0 Å². The van der Waals surface area contributed by atoms with E-state index < -0.39 is 0 Å². The Balaban J connectivity index is 2.13. The van der Waals surface area contributed by atoms with Gasteiger partial charge in [-0.15, -0.1) is 0 Å². The summed E-state index contributed by atoms with van der Waals surface area (Å²) < 4.78 is 3.14. The molecule has 0 saturated heterocycles. The first kappa shape index (κ1) is 9.66. The minimum atomic E-state index is 0.189. The summed E-state index contributed by atoms with van der Waals surface area (Å²) in [4.78, 5) is 4.38. The van der Waals surface area contributed by atoms with Gasteiger partial charge < -0.3 is 9.72 Å². The summed E-state index contributed by atoms with van der Waals surface area (Å²) in [6.07, 6.45) is 12.0. The second-order valence-corrected chi connectivity index (χ2v) is 4.56. The van der Waals surface area contributed by atoms with Gasteiger partial charge in [-0.3, -0.25) is 0 Å². The van der Waals surface area contributed by atoms with Crippen molar-refractivity contribution in [1.82, 2.24) is 14.7 Å². The van der Waals surface area contributed by atoms with Crippen molar-refractivity contribution in [3.05, 3.63) is 59.1 Å². The highest BCUT2D eigenvalue weighted by Crippen LogP contribution is 2.20. The lowest BCUT2D eigenvalue weighted by atomic mass is 10.2. The first-order chi connectivity index (χ1) is 7.84. The summed E-state index contributed by atoms with van der Waals surface area (Å²) in [6, 6.07) is 4.18. The molecule has 1 unspecified atom stereocenters. The van der Waals surface area contributed by atoms with Gasteiger partial charge in [0.05, 0.1) is 17.9 Å². The molecule has 3 nitrogen and oxygen atoms in total. The van der Waals surface area contributed by atoms with Crippen molar-refractivity contribution in [2.24, 2.45) is 0 Å². The summed E-state index contributed by atoms with van der Waals surface area (Å²) in [7, 11) is 0. The van der Waals surface area contributed by atoms with Gasteiger partial charge in [-0.2, -0.15) is 0 Å². The van der Waals surface area contributed by atoms with Gasteiger partial charge in [0.15, 0.2) is 0 Å². The Labute approximate surface area is 102 Å². The van der Waals surface area contributed by atoms with E-state index >= 15 is 0 Å². The average molecular weight is 276 g/mol. The third-order valence-electron chi connectivity index (χ3n) is 2.60. The topological polar surface area (TPSA) is 29.3 Å². The molecule has 4 heteroatoms. The van der Waals surface area contributed by atoms with Crippen molar-refractivity contribution < 1.29 is 0 Å². The van der Waals surface area contributed by atoms with Crippen LogP contribution in [0, 0.1) is 0 Å². The van der Waals surface area contributed by atoms with Crippen LogP contribution in [0.1, 0.15) is 11.7 Å². The van der Waals surface area contributed by atoms with E-state index in [-0.39, 0.29) is 6.04 Å². The fraction of sp³-hybridized carbons (Fsp3) is 0.0833. The van der Waals surface area contributed by atoms with Gasteiger partial charge in [-0.25, -0.2) is 4.98 Å². The van der Waals surface area contributed by atoms with Crippen LogP contribution in [0.15, 0.2) is 53.4 Å². The van der Waals surface area contributed by atoms with E-state index in [1.165, 1.54) is 0 Å². The Morgan fingerprint density at radius 1 is 1.31 bits per heavy atom. The number of aromatic nitrogens is 2. The molecule has 16 heavy (non-hydrogen) atoms. The van der Waals surface area contributed by atoms with Crippen LogP contribution in [0.4, 0.5) is 0 Å². The van der Waals surface area contributed by atoms with Crippen molar-refractivity contribution >= 4 is 21.6 Å². The number of nitrogens with zero attached hydrogens (tertiary/aromatic N) is 2. The third-order valence-corrected chi connectivity index (χ3v) is 3.07. The van der Waals surface area contributed by atoms with Crippen molar-refractivity contribution in [2.45, 2.75) is 6.04 Å². The van der Waals surface area contributed by atoms with Gasteiger partial charge in [0.2, 0.25) is 0 Å². The highest BCUT2D eigenvalue weighted by molar-refractivity contribution is 9.10. The summed E-state index contributed by atoms with van der Waals surface area (Å²) in [5.41, 5.74) is 2.10. The zero-order chi connectivity index (χ0) is 11.0. The number of rotatable bonds is 1. The second-order valence-electron chi connectivity index (χ2n) is 3.65. The second kappa shape index (κ2) is 3.79. The first-order valence-corrected chi connectivity index (χ1v) is 5.86. The van der Waals surface area contributed by atoms with Crippen LogP contribution >= 0.6 is 15.9 Å². The number of hydrogen-bond acceptors (Lipinski definition) is 2. The molecule has 3 rings (SSSR count). The van der Waals surface area contributed by atoms with E-state index in [9.17, 15) is 0 Å². The van der Waals surface area contributed by atoms with Crippen molar-refractivity contribution in [2.75, 3.05) is 0 Å². The minimum absolute atomic E-state index is 0.189. The smallest absolute Gasteiger partial charge is 0.137 e. The molecular weight excluding hydrogens is 266 g/mol. The standard InChI is InChI=1S/C12H10BrN3/c13-9-4-5-12-15-7-11(16(12)8-9)10-3-1-2-6-14-10/h1-8,10,14H. The molecule has 2 aromatic heterocycles. The van der Waals surface area contributed by atoms with Gasteiger partial charge in [-0.1, -0.05) is 12.2 Å². The van der Waals surface area contributed by atoms with Gasteiger partial charge in [0.25, 0.3) is 0 Å². The molecule has 0 amide bonds. The van der Waals surface area contributed by atoms with Crippen LogP contribution in [-0.4, -0.2) is 9.38 Å². The van der Waals surface area contributed by atoms with Crippen LogP contribution in [0.5, 0.6) is 0 Å². The summed E-state index contributed by atoms with van der Waals surface area (Å²) in [6.45, 7) is 0. The number of halogens is 1. The maximum absolute atomic E-state index is 4.38. The highest BCUT2D eigenvalue weighted by atomic mass is 79.9. The number of hydrogen-bond donors (Lipinski definition) is 1. The van der Waals surface area contributed by atoms with Gasteiger partial charge in [0, 0.05) is 10.7 Å². The fourth-order valence-corrected chi connectivity index (χ4v) is 2.17. The van der Waals surface area contributed by atoms with Crippen LogP contribution in [0.3, 0.4) is 0 Å². The first-order valence-electron chi connectivity index (χ1n) is 5.06. The predicted octanol–water partition coefficient (Wildman–Crippen LogP) is 2.81. The number of dihydropyridines is 1. The Hall–Kier alpha value is -1.55. The Bertz CT molecular complexity index is 583. The fourth-order valence-electron chi connectivity index (χ4n) is 1.83. The Morgan fingerprint density at radius 3 is 3.06 bits per heavy atom. The number of nitrogens with one attached hydrogen (secondary N) is 1. The van der Waals surface area contributed by atoms with E-state index in [1.54, 1.807) is 0 Å². The zero-order valence-electron chi connectivity index (χ0n) is 8.47. The summed E-state index contributed by atoms with van der Waals surface area (Å²) in [5, 5.41) is 3.29. The molecule has 0 radical (unpaired) electrons. The Kier molecular flexibility index (Phi) is 2.29. The van der Waals surface area contributed by atoms with Crippen LogP contribution < -0.4 is 5.32 Å². The molecule has 0 bridgehead atoms.